The second-order valence-corrected chi connectivity index (χ2v) is 5.14. The second-order valence-electron chi connectivity index (χ2n) is 5.14. The average molecular weight is 247 g/mol. The van der Waals surface area contributed by atoms with Crippen molar-refractivity contribution in [2.45, 2.75) is 38.6 Å². The number of ether oxygens (including phenoxy) is 1. The maximum absolute atomic E-state index is 11.8. The van der Waals surface area contributed by atoms with Crippen molar-refractivity contribution in [1.82, 2.24) is 5.32 Å². The molecule has 3 heteroatoms. The minimum atomic E-state index is -0.0158. The summed E-state index contributed by atoms with van der Waals surface area (Å²) in [6.45, 7) is 2.35. The summed E-state index contributed by atoms with van der Waals surface area (Å²) in [4.78, 5) is 11.8. The van der Waals surface area contributed by atoms with Crippen LogP contribution in [0.4, 0.5) is 0 Å². The van der Waals surface area contributed by atoms with E-state index >= 15 is 0 Å². The van der Waals surface area contributed by atoms with Crippen LogP contribution in [0.5, 0.6) is 5.75 Å². The Morgan fingerprint density at radius 3 is 2.83 bits per heavy atom. The van der Waals surface area contributed by atoms with Gasteiger partial charge in [-0.25, -0.2) is 0 Å². The Labute approximate surface area is 109 Å². The fraction of sp³-hybridized carbons (Fsp3) is 0.533. The lowest BCUT2D eigenvalue weighted by Crippen LogP contribution is -2.40. The maximum atomic E-state index is 11.8. The van der Waals surface area contributed by atoms with Crippen molar-refractivity contribution in [2.24, 2.45) is 5.92 Å². The molecular weight excluding hydrogens is 226 g/mol. The van der Waals surface area contributed by atoms with Crippen molar-refractivity contribution < 1.29 is 9.53 Å². The van der Waals surface area contributed by atoms with Crippen molar-refractivity contribution in [3.05, 3.63) is 30.3 Å². The topological polar surface area (TPSA) is 38.3 Å². The van der Waals surface area contributed by atoms with Crippen LogP contribution in [0, 0.1) is 5.92 Å². The predicted octanol–water partition coefficient (Wildman–Crippen LogP) is 2.76. The molecule has 1 aromatic carbocycles. The molecule has 0 spiro atoms. The molecule has 1 amide bonds. The molecule has 0 heterocycles. The number of hydrogen-bond acceptors (Lipinski definition) is 2. The molecule has 1 N–H and O–H groups in total. The van der Waals surface area contributed by atoms with Crippen molar-refractivity contribution in [2.75, 3.05) is 6.61 Å². The van der Waals surface area contributed by atoms with Gasteiger partial charge in [-0.05, 0) is 30.9 Å². The highest BCUT2D eigenvalue weighted by Crippen LogP contribution is 2.23. The zero-order chi connectivity index (χ0) is 12.8. The van der Waals surface area contributed by atoms with Gasteiger partial charge in [-0.15, -0.1) is 0 Å². The van der Waals surface area contributed by atoms with E-state index in [4.69, 9.17) is 4.74 Å². The van der Waals surface area contributed by atoms with E-state index in [0.29, 0.717) is 6.04 Å². The zero-order valence-corrected chi connectivity index (χ0v) is 10.9. The van der Waals surface area contributed by atoms with Crippen molar-refractivity contribution in [3.8, 4) is 5.75 Å². The summed E-state index contributed by atoms with van der Waals surface area (Å²) in [6, 6.07) is 9.77. The highest BCUT2D eigenvalue weighted by Gasteiger charge is 2.20. The molecule has 18 heavy (non-hydrogen) atoms. The predicted molar refractivity (Wildman–Crippen MR) is 71.5 cm³/mol. The highest BCUT2D eigenvalue weighted by molar-refractivity contribution is 5.77. The van der Waals surface area contributed by atoms with Gasteiger partial charge in [-0.3, -0.25) is 4.79 Å². The van der Waals surface area contributed by atoms with E-state index in [2.05, 4.69) is 12.2 Å². The third-order valence-corrected chi connectivity index (χ3v) is 3.41. The molecule has 0 radical (unpaired) electrons. The van der Waals surface area contributed by atoms with Crippen LogP contribution >= 0.6 is 0 Å². The number of benzene rings is 1. The molecule has 0 aliphatic heterocycles. The summed E-state index contributed by atoms with van der Waals surface area (Å²) in [6.07, 6.45) is 4.69. The van der Waals surface area contributed by atoms with Gasteiger partial charge < -0.3 is 10.1 Å². The Morgan fingerprint density at radius 2 is 2.11 bits per heavy atom. The molecule has 0 saturated heterocycles. The molecule has 0 bridgehead atoms. The SMILES string of the molecule is C[C@H]1CCC[C@@H](NC(=O)COc2ccccc2)C1. The number of carbonyl (C=O) groups is 1. The number of para-hydroxylation sites is 1. The number of nitrogens with one attached hydrogen (secondary N) is 1. The standard InChI is InChI=1S/C15H21NO2/c1-12-6-5-7-13(10-12)16-15(17)11-18-14-8-3-2-4-9-14/h2-4,8-9,12-13H,5-7,10-11H2,1H3,(H,16,17)/t12-,13+/m0/s1. The molecule has 1 aliphatic carbocycles. The summed E-state index contributed by atoms with van der Waals surface area (Å²) in [5, 5.41) is 3.06. The third kappa shape index (κ3) is 4.06. The summed E-state index contributed by atoms with van der Waals surface area (Å²) in [7, 11) is 0. The maximum Gasteiger partial charge on any atom is 0.258 e. The molecule has 0 aromatic heterocycles. The lowest BCUT2D eigenvalue weighted by Gasteiger charge is -2.27. The van der Waals surface area contributed by atoms with Gasteiger partial charge in [0.15, 0.2) is 6.61 Å². The van der Waals surface area contributed by atoms with E-state index in [1.54, 1.807) is 0 Å². The van der Waals surface area contributed by atoms with Crippen LogP contribution in [0.2, 0.25) is 0 Å². The number of amides is 1. The smallest absolute Gasteiger partial charge is 0.258 e. The van der Waals surface area contributed by atoms with Crippen LogP contribution in [0.25, 0.3) is 0 Å². The summed E-state index contributed by atoms with van der Waals surface area (Å²) in [5.41, 5.74) is 0. The van der Waals surface area contributed by atoms with Crippen LogP contribution in [0.3, 0.4) is 0 Å². The number of rotatable bonds is 4. The Morgan fingerprint density at radius 1 is 1.33 bits per heavy atom. The van der Waals surface area contributed by atoms with Crippen molar-refractivity contribution >= 4 is 5.91 Å². The first-order valence-corrected chi connectivity index (χ1v) is 6.71. The first kappa shape index (κ1) is 12.9. The summed E-state index contributed by atoms with van der Waals surface area (Å²) >= 11 is 0. The van der Waals surface area contributed by atoms with Crippen LogP contribution in [0.15, 0.2) is 30.3 Å². The van der Waals surface area contributed by atoms with Gasteiger partial charge in [0.25, 0.3) is 5.91 Å². The van der Waals surface area contributed by atoms with Gasteiger partial charge in [-0.1, -0.05) is 38.0 Å². The Bertz CT molecular complexity index is 377. The fourth-order valence-electron chi connectivity index (χ4n) is 2.50. The number of carbonyl (C=O) groups excluding carboxylic acids is 1. The molecule has 1 saturated carbocycles. The van der Waals surface area contributed by atoms with Crippen molar-refractivity contribution in [1.29, 1.82) is 0 Å². The Balaban J connectivity index is 1.72. The first-order valence-electron chi connectivity index (χ1n) is 6.71. The molecule has 2 rings (SSSR count). The molecular formula is C15H21NO2. The molecule has 1 fully saturated rings. The second kappa shape index (κ2) is 6.43. The molecule has 3 nitrogen and oxygen atoms in total. The Hall–Kier alpha value is -1.51. The number of hydrogen-bond donors (Lipinski definition) is 1. The lowest BCUT2D eigenvalue weighted by atomic mass is 9.87. The molecule has 1 aliphatic rings. The quantitative estimate of drug-likeness (QED) is 0.888. The van der Waals surface area contributed by atoms with Gasteiger partial charge in [0.05, 0.1) is 0 Å². The molecule has 1 aromatic rings. The minimum absolute atomic E-state index is 0.0158. The normalized spacial score (nSPS) is 23.4. The minimum Gasteiger partial charge on any atom is -0.484 e. The fourth-order valence-corrected chi connectivity index (χ4v) is 2.50. The largest absolute Gasteiger partial charge is 0.484 e. The summed E-state index contributed by atoms with van der Waals surface area (Å²) in [5.74, 6) is 1.45. The van der Waals surface area contributed by atoms with E-state index in [-0.39, 0.29) is 12.5 Å². The van der Waals surface area contributed by atoms with Crippen LogP contribution in [-0.2, 0) is 4.79 Å². The average Bonchev–Trinajstić information content (AvgIpc) is 2.38. The monoisotopic (exact) mass is 247 g/mol. The van der Waals surface area contributed by atoms with Crippen molar-refractivity contribution in [3.63, 3.8) is 0 Å². The van der Waals surface area contributed by atoms with Gasteiger partial charge in [0.1, 0.15) is 5.75 Å². The molecule has 0 unspecified atom stereocenters. The zero-order valence-electron chi connectivity index (χ0n) is 10.9. The van der Waals surface area contributed by atoms with Crippen LogP contribution < -0.4 is 10.1 Å². The van der Waals surface area contributed by atoms with Crippen LogP contribution in [-0.4, -0.2) is 18.6 Å². The van der Waals surface area contributed by atoms with E-state index < -0.39 is 0 Å². The summed E-state index contributed by atoms with van der Waals surface area (Å²) < 4.78 is 5.42. The van der Waals surface area contributed by atoms with Gasteiger partial charge in [0.2, 0.25) is 0 Å². The van der Waals surface area contributed by atoms with Gasteiger partial charge in [0, 0.05) is 6.04 Å². The van der Waals surface area contributed by atoms with E-state index in [1.165, 1.54) is 12.8 Å². The first-order chi connectivity index (χ1) is 8.74. The Kier molecular flexibility index (Phi) is 4.62. The molecule has 2 atom stereocenters. The highest BCUT2D eigenvalue weighted by atomic mass is 16.5. The van der Waals surface area contributed by atoms with Crippen LogP contribution in [0.1, 0.15) is 32.6 Å². The van der Waals surface area contributed by atoms with E-state index in [9.17, 15) is 4.79 Å². The lowest BCUT2D eigenvalue weighted by molar-refractivity contribution is -0.124. The third-order valence-electron chi connectivity index (χ3n) is 3.41. The van der Waals surface area contributed by atoms with Gasteiger partial charge >= 0.3 is 0 Å². The molecule has 98 valence electrons. The van der Waals surface area contributed by atoms with E-state index in [1.807, 2.05) is 30.3 Å². The van der Waals surface area contributed by atoms with Gasteiger partial charge in [-0.2, -0.15) is 0 Å². The van der Waals surface area contributed by atoms with E-state index in [0.717, 1.165) is 24.5 Å².